The van der Waals surface area contributed by atoms with E-state index >= 15 is 0 Å². The van der Waals surface area contributed by atoms with Crippen LogP contribution < -0.4 is 5.32 Å². The summed E-state index contributed by atoms with van der Waals surface area (Å²) in [5, 5.41) is 23.3. The molecular formula is C70H133NO5. The van der Waals surface area contributed by atoms with Gasteiger partial charge < -0.3 is 20.3 Å². The van der Waals surface area contributed by atoms with Crippen molar-refractivity contribution in [1.82, 2.24) is 5.32 Å². The van der Waals surface area contributed by atoms with Crippen LogP contribution in [0.25, 0.3) is 0 Å². The number of aliphatic hydroxyl groups is 2. The van der Waals surface area contributed by atoms with Gasteiger partial charge in [0.1, 0.15) is 0 Å². The molecule has 0 fully saturated rings. The Morgan fingerprint density at radius 3 is 1.04 bits per heavy atom. The Hall–Kier alpha value is -1.92. The molecule has 1 amide bonds. The van der Waals surface area contributed by atoms with Crippen molar-refractivity contribution in [1.29, 1.82) is 0 Å². The molecule has 0 radical (unpaired) electrons. The van der Waals surface area contributed by atoms with Gasteiger partial charge in [0.15, 0.2) is 0 Å². The monoisotopic (exact) mass is 1070 g/mol. The number of hydrogen-bond donors (Lipinski definition) is 3. The SMILES string of the molecule is CCCCC/C=C\C/C=C\CCCCCCCCCCCC(=O)OCCCCCCCCCCCCCC/C=C\CCCCCCCCCCCCC(=O)NC(CO)C(O)CCCCCCCCCCCCCCCC. The number of unbranched alkanes of at least 4 members (excludes halogenated alkanes) is 47. The van der Waals surface area contributed by atoms with Crippen LogP contribution in [0.2, 0.25) is 0 Å². The van der Waals surface area contributed by atoms with Gasteiger partial charge in [0.25, 0.3) is 0 Å². The van der Waals surface area contributed by atoms with E-state index in [1.54, 1.807) is 0 Å². The lowest BCUT2D eigenvalue weighted by atomic mass is 10.0. The quantitative estimate of drug-likeness (QED) is 0.0320. The summed E-state index contributed by atoms with van der Waals surface area (Å²) in [6.45, 7) is 4.95. The lowest BCUT2D eigenvalue weighted by Crippen LogP contribution is -2.45. The molecule has 0 saturated heterocycles. The summed E-state index contributed by atoms with van der Waals surface area (Å²) in [5.41, 5.74) is 0. The lowest BCUT2D eigenvalue weighted by molar-refractivity contribution is -0.143. The number of nitrogens with one attached hydrogen (secondary N) is 1. The maximum Gasteiger partial charge on any atom is 0.305 e. The molecule has 0 bridgehead atoms. The molecule has 2 unspecified atom stereocenters. The third-order valence-electron chi connectivity index (χ3n) is 15.9. The second-order valence-corrected chi connectivity index (χ2v) is 23.5. The van der Waals surface area contributed by atoms with E-state index in [1.165, 1.54) is 289 Å². The molecule has 0 aromatic carbocycles. The number of aliphatic hydroxyl groups excluding tert-OH is 2. The van der Waals surface area contributed by atoms with E-state index in [0.717, 1.165) is 51.4 Å². The normalized spacial score (nSPS) is 12.7. The van der Waals surface area contributed by atoms with Crippen molar-refractivity contribution < 1.29 is 24.5 Å². The van der Waals surface area contributed by atoms with Crippen molar-refractivity contribution in [2.75, 3.05) is 13.2 Å². The molecule has 448 valence electrons. The Kier molecular flexibility index (Phi) is 63.9. The van der Waals surface area contributed by atoms with Crippen LogP contribution in [0, 0.1) is 0 Å². The average Bonchev–Trinajstić information content (AvgIpc) is 3.42. The van der Waals surface area contributed by atoms with Crippen molar-refractivity contribution >= 4 is 11.9 Å². The number of carbonyl (C=O) groups excluding carboxylic acids is 2. The second kappa shape index (κ2) is 65.6. The van der Waals surface area contributed by atoms with E-state index in [0.29, 0.717) is 25.9 Å². The van der Waals surface area contributed by atoms with Gasteiger partial charge in [0, 0.05) is 12.8 Å². The summed E-state index contributed by atoms with van der Waals surface area (Å²) in [5.74, 6) is -0.0242. The summed E-state index contributed by atoms with van der Waals surface area (Å²) in [4.78, 5) is 24.6. The third-order valence-corrected chi connectivity index (χ3v) is 15.9. The first-order valence-electron chi connectivity index (χ1n) is 34.2. The summed E-state index contributed by atoms with van der Waals surface area (Å²) in [7, 11) is 0. The smallest absolute Gasteiger partial charge is 0.305 e. The minimum Gasteiger partial charge on any atom is -0.466 e. The van der Waals surface area contributed by atoms with Crippen LogP contribution in [0.15, 0.2) is 36.5 Å². The number of ether oxygens (including phenoxy) is 1. The van der Waals surface area contributed by atoms with E-state index < -0.39 is 12.1 Å². The highest BCUT2D eigenvalue weighted by atomic mass is 16.5. The maximum absolute atomic E-state index is 12.5. The van der Waals surface area contributed by atoms with E-state index in [2.05, 4.69) is 55.6 Å². The van der Waals surface area contributed by atoms with Crippen LogP contribution in [-0.4, -0.2) is 47.4 Å². The lowest BCUT2D eigenvalue weighted by Gasteiger charge is -2.22. The molecule has 0 heterocycles. The Morgan fingerprint density at radius 1 is 0.368 bits per heavy atom. The summed E-state index contributed by atoms with van der Waals surface area (Å²) in [6, 6.07) is -0.543. The van der Waals surface area contributed by atoms with Crippen molar-refractivity contribution in [3.05, 3.63) is 36.5 Å². The highest BCUT2D eigenvalue weighted by Gasteiger charge is 2.20. The first kappa shape index (κ1) is 74.1. The van der Waals surface area contributed by atoms with Gasteiger partial charge in [-0.2, -0.15) is 0 Å². The predicted octanol–water partition coefficient (Wildman–Crippen LogP) is 21.9. The average molecular weight is 1070 g/mol. The van der Waals surface area contributed by atoms with E-state index in [1.807, 2.05) is 0 Å². The van der Waals surface area contributed by atoms with E-state index in [9.17, 15) is 19.8 Å². The molecule has 6 nitrogen and oxygen atoms in total. The summed E-state index contributed by atoms with van der Waals surface area (Å²) < 4.78 is 5.50. The topological polar surface area (TPSA) is 95.9 Å². The number of esters is 1. The number of carbonyl (C=O) groups is 2. The molecule has 76 heavy (non-hydrogen) atoms. The highest BCUT2D eigenvalue weighted by molar-refractivity contribution is 5.76. The fraction of sp³-hybridized carbons (Fsp3) is 0.886. The van der Waals surface area contributed by atoms with Gasteiger partial charge in [-0.15, -0.1) is 0 Å². The summed E-state index contributed by atoms with van der Waals surface area (Å²) in [6.07, 6.45) is 83.2. The molecule has 0 spiro atoms. The minimum atomic E-state index is -0.665. The van der Waals surface area contributed by atoms with E-state index in [-0.39, 0.29) is 18.5 Å². The number of amides is 1. The van der Waals surface area contributed by atoms with Gasteiger partial charge in [-0.25, -0.2) is 0 Å². The molecule has 0 aromatic heterocycles. The largest absolute Gasteiger partial charge is 0.466 e. The number of hydrogen-bond acceptors (Lipinski definition) is 5. The molecule has 6 heteroatoms. The molecule has 0 aliphatic carbocycles. The summed E-state index contributed by atoms with van der Waals surface area (Å²) >= 11 is 0. The zero-order chi connectivity index (χ0) is 55.0. The van der Waals surface area contributed by atoms with Gasteiger partial charge in [-0.3, -0.25) is 9.59 Å². The number of allylic oxidation sites excluding steroid dienone is 6. The first-order valence-corrected chi connectivity index (χ1v) is 34.2. The molecule has 0 rings (SSSR count). The maximum atomic E-state index is 12.5. The zero-order valence-corrected chi connectivity index (χ0v) is 51.3. The highest BCUT2D eigenvalue weighted by Crippen LogP contribution is 2.18. The molecule has 0 aliphatic rings. The van der Waals surface area contributed by atoms with Crippen LogP contribution in [0.5, 0.6) is 0 Å². The van der Waals surface area contributed by atoms with Crippen molar-refractivity contribution in [3.8, 4) is 0 Å². The Morgan fingerprint density at radius 2 is 0.658 bits per heavy atom. The van der Waals surface area contributed by atoms with Crippen molar-refractivity contribution in [2.45, 2.75) is 386 Å². The zero-order valence-electron chi connectivity index (χ0n) is 51.3. The van der Waals surface area contributed by atoms with Gasteiger partial charge in [0.2, 0.25) is 5.91 Å². The fourth-order valence-electron chi connectivity index (χ4n) is 10.7. The fourth-order valence-corrected chi connectivity index (χ4v) is 10.7. The molecule has 0 aliphatic heterocycles. The van der Waals surface area contributed by atoms with Crippen LogP contribution in [0.4, 0.5) is 0 Å². The minimum absolute atomic E-state index is 0.0109. The Bertz CT molecular complexity index is 1230. The van der Waals surface area contributed by atoms with Gasteiger partial charge in [0.05, 0.1) is 25.4 Å². The van der Waals surface area contributed by atoms with Gasteiger partial charge in [-0.05, 0) is 83.5 Å². The van der Waals surface area contributed by atoms with Crippen molar-refractivity contribution in [3.63, 3.8) is 0 Å². The molecule has 0 saturated carbocycles. The van der Waals surface area contributed by atoms with Crippen LogP contribution >= 0.6 is 0 Å². The molecule has 3 N–H and O–H groups in total. The Balaban J connectivity index is 3.37. The van der Waals surface area contributed by atoms with Crippen LogP contribution in [-0.2, 0) is 14.3 Å². The van der Waals surface area contributed by atoms with Gasteiger partial charge >= 0.3 is 5.97 Å². The van der Waals surface area contributed by atoms with Crippen molar-refractivity contribution in [2.24, 2.45) is 0 Å². The number of rotatable bonds is 64. The van der Waals surface area contributed by atoms with E-state index in [4.69, 9.17) is 4.74 Å². The molecule has 2 atom stereocenters. The predicted molar refractivity (Wildman–Crippen MR) is 333 cm³/mol. The third kappa shape index (κ3) is 61.3. The van der Waals surface area contributed by atoms with Crippen LogP contribution in [0.1, 0.15) is 373 Å². The Labute approximate surface area is 474 Å². The van der Waals surface area contributed by atoms with Gasteiger partial charge in [-0.1, -0.05) is 314 Å². The van der Waals surface area contributed by atoms with Crippen LogP contribution in [0.3, 0.4) is 0 Å². The molecule has 0 aromatic rings. The second-order valence-electron chi connectivity index (χ2n) is 23.5. The molecular weight excluding hydrogens is 935 g/mol. The standard InChI is InChI=1S/C70H133NO5/c1-3-5-7-9-11-13-15-17-19-20-29-33-36-40-44-48-52-56-60-64-70(75)76-65-61-57-53-49-45-41-37-34-31-28-26-24-22-21-23-25-27-30-32-35-39-43-47-51-55-59-63-69(74)71-67(66-72)68(73)62-58-54-50-46-42-38-18-16-14-12-10-8-6-4-2/h11,13,17,19,21,23,67-68,72-73H,3-10,12,14-16,18,20,22,24-66H2,1-2H3,(H,71,74)/b13-11-,19-17-,23-21-. The first-order chi connectivity index (χ1) is 37.5.